The fraction of sp³-hybridized carbons (Fsp3) is 0. The highest BCUT2D eigenvalue weighted by Gasteiger charge is 2.25. The molecule has 1 heterocycles. The molecule has 0 saturated heterocycles. The first-order valence-electron chi connectivity index (χ1n) is 46.6. The SMILES string of the molecule is c1ccc(-c2ccc(N(c3ccc(-c4ccc(-c5cccc6ccccc56)cc4)cc3)c3cc(-c4cccc5c4ccc4c(-c6cccc7c(-c8ccc(-c9ccc(N(c%10ccc(-c%11cccc(-n%12c%13ccccc%13c%13ccccc%13%12)c%11)cc%10)c%10cc(-c%11cccc%12c%11ccc%11ccccc%11%12)ccc%10-c%10ccccc%10)cc9)cc8)cccc67)cccc45)ccc3-c3ccccc3)cc2)cc1. The Bertz CT molecular complexity index is 8790. The third-order valence-electron chi connectivity index (χ3n) is 27.7. The minimum atomic E-state index is 1.05. The van der Waals surface area contributed by atoms with Crippen molar-refractivity contribution in [2.75, 3.05) is 9.80 Å². The van der Waals surface area contributed by atoms with E-state index in [-0.39, 0.29) is 0 Å². The van der Waals surface area contributed by atoms with E-state index in [0.29, 0.717) is 0 Å². The predicted molar refractivity (Wildman–Crippen MR) is 575 cm³/mol. The van der Waals surface area contributed by atoms with Crippen LogP contribution in [0.15, 0.2) is 528 Å². The Kier molecular flexibility index (Phi) is 20.0. The summed E-state index contributed by atoms with van der Waals surface area (Å²) in [4.78, 5) is 4.91. The normalized spacial score (nSPS) is 11.6. The molecule has 0 unspecified atom stereocenters. The molecule has 0 N–H and O–H groups in total. The molecule has 3 heteroatoms. The van der Waals surface area contributed by atoms with Crippen LogP contribution >= 0.6 is 0 Å². The number of para-hydroxylation sites is 2. The first-order chi connectivity index (χ1) is 66.9. The van der Waals surface area contributed by atoms with Gasteiger partial charge in [0.15, 0.2) is 0 Å². The zero-order valence-electron chi connectivity index (χ0n) is 74.1. The van der Waals surface area contributed by atoms with Crippen molar-refractivity contribution in [2.24, 2.45) is 0 Å². The molecule has 24 aromatic carbocycles. The van der Waals surface area contributed by atoms with Gasteiger partial charge in [-0.2, -0.15) is 0 Å². The van der Waals surface area contributed by atoms with Crippen molar-refractivity contribution >= 4 is 121 Å². The molecule has 0 spiro atoms. The fourth-order valence-corrected chi connectivity index (χ4v) is 21.1. The molecule has 630 valence electrons. The van der Waals surface area contributed by atoms with Gasteiger partial charge in [-0.3, -0.25) is 0 Å². The van der Waals surface area contributed by atoms with Gasteiger partial charge in [0.1, 0.15) is 0 Å². The van der Waals surface area contributed by atoms with E-state index in [1.165, 1.54) is 142 Å². The molecule has 0 aliphatic carbocycles. The number of nitrogens with zero attached hydrogens (tertiary/aromatic N) is 3. The lowest BCUT2D eigenvalue weighted by Crippen LogP contribution is -2.11. The maximum Gasteiger partial charge on any atom is 0.0546 e. The summed E-state index contributed by atoms with van der Waals surface area (Å²) in [6.07, 6.45) is 0. The minimum absolute atomic E-state index is 1.05. The van der Waals surface area contributed by atoms with E-state index in [1.807, 2.05) is 0 Å². The first kappa shape index (κ1) is 79.4. The van der Waals surface area contributed by atoms with Gasteiger partial charge in [-0.15, -0.1) is 0 Å². The minimum Gasteiger partial charge on any atom is -0.310 e. The molecule has 0 radical (unpaired) electrons. The zero-order valence-corrected chi connectivity index (χ0v) is 74.1. The second kappa shape index (κ2) is 33.9. The van der Waals surface area contributed by atoms with Gasteiger partial charge in [0, 0.05) is 50.3 Å². The average Bonchev–Trinajstić information content (AvgIpc) is 1.51. The Hall–Kier alpha value is -17.8. The number of aromatic nitrogens is 1. The molecule has 25 rings (SSSR count). The summed E-state index contributed by atoms with van der Waals surface area (Å²) in [5, 5.41) is 17.2. The molecule has 0 atom stereocenters. The van der Waals surface area contributed by atoms with E-state index in [2.05, 4.69) is 542 Å². The van der Waals surface area contributed by atoms with Gasteiger partial charge < -0.3 is 14.4 Å². The maximum absolute atomic E-state index is 2.46. The zero-order chi connectivity index (χ0) is 89.2. The highest BCUT2D eigenvalue weighted by molar-refractivity contribution is 6.19. The van der Waals surface area contributed by atoms with Crippen LogP contribution in [0.2, 0.25) is 0 Å². The van der Waals surface area contributed by atoms with E-state index in [9.17, 15) is 0 Å². The molecular weight excluding hydrogens is 1630 g/mol. The van der Waals surface area contributed by atoms with Crippen molar-refractivity contribution in [2.45, 2.75) is 0 Å². The third kappa shape index (κ3) is 14.4. The van der Waals surface area contributed by atoms with Gasteiger partial charge in [0.05, 0.1) is 22.4 Å². The van der Waals surface area contributed by atoms with Crippen LogP contribution in [-0.4, -0.2) is 4.57 Å². The summed E-state index contributed by atoms with van der Waals surface area (Å²) in [5.41, 5.74) is 35.5. The van der Waals surface area contributed by atoms with E-state index in [1.54, 1.807) is 0 Å². The summed E-state index contributed by atoms with van der Waals surface area (Å²) >= 11 is 0. The van der Waals surface area contributed by atoms with E-state index in [4.69, 9.17) is 0 Å². The summed E-state index contributed by atoms with van der Waals surface area (Å²) in [7, 11) is 0. The molecule has 0 saturated carbocycles. The van der Waals surface area contributed by atoms with Crippen molar-refractivity contribution < 1.29 is 0 Å². The predicted octanol–water partition coefficient (Wildman–Crippen LogP) is 37.0. The molecule has 0 fully saturated rings. The number of fused-ring (bicyclic) bond motifs is 11. The van der Waals surface area contributed by atoms with E-state index < -0.39 is 0 Å². The number of anilines is 6. The second-order valence-corrected chi connectivity index (χ2v) is 35.3. The lowest BCUT2D eigenvalue weighted by Gasteiger charge is -2.29. The molecule has 0 aliphatic heterocycles. The van der Waals surface area contributed by atoms with Crippen LogP contribution in [0.1, 0.15) is 0 Å². The largest absolute Gasteiger partial charge is 0.310 e. The summed E-state index contributed by atoms with van der Waals surface area (Å²) in [6.45, 7) is 0. The van der Waals surface area contributed by atoms with Gasteiger partial charge in [-0.05, 0) is 261 Å². The standard InChI is InChI=1S/C132H87N3/c1-4-25-88(26-5-1)91-61-72-104(73-62-91)133(105-74-63-92(64-75-105)89-53-57-99(58-54-89)110-40-19-33-95-31-10-12-36-109(95)110)132-87-103(71-81-116(132)97-29-8-3-9-30-97)114-43-22-47-121-123-50-24-49-122(126(123)84-83-125(114)121)120-48-23-45-117-112(41-20-46-119(117)120)100-59-55-90(56-60-100)93-65-76-106(77-66-93)134(107-78-67-94(68-79-107)101-34-18-35-108(85-101)135-129-51-16-14-38-127(129)128-39-15-17-52-130(128)135)131-86-102(70-80-115(131)96-27-6-2-7-28-96)113-42-21-44-118-111-37-13-11-32-98(111)69-82-124(113)118/h1-87H. The molecule has 0 aliphatic rings. The van der Waals surface area contributed by atoms with Crippen LogP contribution in [0.5, 0.6) is 0 Å². The Morgan fingerprint density at radius 1 is 0.126 bits per heavy atom. The van der Waals surface area contributed by atoms with Gasteiger partial charge in [0.2, 0.25) is 0 Å². The number of hydrogen-bond acceptors (Lipinski definition) is 2. The molecule has 3 nitrogen and oxygen atoms in total. The van der Waals surface area contributed by atoms with Crippen LogP contribution in [0.25, 0.3) is 215 Å². The summed E-state index contributed by atoms with van der Waals surface area (Å²) < 4.78 is 2.40. The third-order valence-corrected chi connectivity index (χ3v) is 27.7. The Balaban J connectivity index is 0.544. The lowest BCUT2D eigenvalue weighted by atomic mass is 9.88. The smallest absolute Gasteiger partial charge is 0.0546 e. The van der Waals surface area contributed by atoms with Gasteiger partial charge in [0.25, 0.3) is 0 Å². The first-order valence-corrected chi connectivity index (χ1v) is 46.6. The van der Waals surface area contributed by atoms with Gasteiger partial charge in [-0.25, -0.2) is 0 Å². The van der Waals surface area contributed by atoms with Crippen LogP contribution in [0, 0.1) is 0 Å². The Morgan fingerprint density at radius 2 is 0.385 bits per heavy atom. The van der Waals surface area contributed by atoms with Crippen LogP contribution in [0.3, 0.4) is 0 Å². The van der Waals surface area contributed by atoms with E-state index >= 15 is 0 Å². The topological polar surface area (TPSA) is 11.4 Å². The Labute approximate surface area is 785 Å². The van der Waals surface area contributed by atoms with Crippen LogP contribution in [-0.2, 0) is 0 Å². The molecule has 135 heavy (non-hydrogen) atoms. The number of rotatable bonds is 18. The maximum atomic E-state index is 2.46. The van der Waals surface area contributed by atoms with Crippen molar-refractivity contribution in [3.05, 3.63) is 528 Å². The van der Waals surface area contributed by atoms with E-state index in [0.717, 1.165) is 107 Å². The number of benzene rings is 24. The number of hydrogen-bond donors (Lipinski definition) is 0. The van der Waals surface area contributed by atoms with Crippen molar-refractivity contribution in [1.29, 1.82) is 0 Å². The highest BCUT2D eigenvalue weighted by Crippen LogP contribution is 2.50. The molecular formula is C132H87N3. The molecule has 1 aromatic heterocycles. The second-order valence-electron chi connectivity index (χ2n) is 35.3. The van der Waals surface area contributed by atoms with Crippen molar-refractivity contribution in [3.8, 4) is 128 Å². The Morgan fingerprint density at radius 3 is 0.844 bits per heavy atom. The molecule has 25 aromatic rings. The monoisotopic (exact) mass is 1710 g/mol. The van der Waals surface area contributed by atoms with Crippen LogP contribution in [0.4, 0.5) is 34.1 Å². The van der Waals surface area contributed by atoms with Gasteiger partial charge in [-0.1, -0.05) is 443 Å². The average molecular weight is 1720 g/mol. The highest BCUT2D eigenvalue weighted by atomic mass is 15.2. The quantitative estimate of drug-likeness (QED) is 0.0793. The van der Waals surface area contributed by atoms with Crippen LogP contribution < -0.4 is 9.80 Å². The molecule has 0 bridgehead atoms. The summed E-state index contributed by atoms with van der Waals surface area (Å²) in [6, 6.07) is 195. The summed E-state index contributed by atoms with van der Waals surface area (Å²) in [5.74, 6) is 0. The van der Waals surface area contributed by atoms with Gasteiger partial charge >= 0.3 is 0 Å². The lowest BCUT2D eigenvalue weighted by molar-refractivity contribution is 1.18. The molecule has 0 amide bonds. The fourth-order valence-electron chi connectivity index (χ4n) is 21.1. The van der Waals surface area contributed by atoms with Crippen molar-refractivity contribution in [3.63, 3.8) is 0 Å². The van der Waals surface area contributed by atoms with Crippen molar-refractivity contribution in [1.82, 2.24) is 4.57 Å².